The van der Waals surface area contributed by atoms with Gasteiger partial charge in [0, 0.05) is 65.5 Å². The van der Waals surface area contributed by atoms with Crippen LogP contribution in [0.5, 0.6) is 0 Å². The van der Waals surface area contributed by atoms with E-state index in [-0.39, 0.29) is 37.5 Å². The first-order valence-corrected chi connectivity index (χ1v) is 13.2. The number of amides is 1. The smallest absolute Gasteiger partial charge is 0.317 e. The normalized spacial score (nSPS) is 17.9. The van der Waals surface area contributed by atoms with Gasteiger partial charge in [-0.25, -0.2) is 0 Å². The summed E-state index contributed by atoms with van der Waals surface area (Å²) in [5, 5.41) is 30.7. The van der Waals surface area contributed by atoms with Crippen molar-refractivity contribution in [3.63, 3.8) is 0 Å². The van der Waals surface area contributed by atoms with E-state index < -0.39 is 17.9 Å². The van der Waals surface area contributed by atoms with Crippen molar-refractivity contribution in [2.24, 2.45) is 5.41 Å². The van der Waals surface area contributed by atoms with Crippen LogP contribution < -0.4 is 5.32 Å². The van der Waals surface area contributed by atoms with Crippen molar-refractivity contribution in [1.29, 1.82) is 0 Å². The maximum absolute atomic E-state index is 12.6. The predicted octanol–water partition coefficient (Wildman–Crippen LogP) is -0.579. The maximum atomic E-state index is 12.6. The molecule has 1 aliphatic rings. The molecule has 0 spiro atoms. The predicted molar refractivity (Wildman–Crippen MR) is 141 cm³/mol. The van der Waals surface area contributed by atoms with Gasteiger partial charge in [-0.1, -0.05) is 20.8 Å². The molecule has 0 aromatic rings. The van der Waals surface area contributed by atoms with Crippen molar-refractivity contribution in [3.8, 4) is 0 Å². The second-order valence-electron chi connectivity index (χ2n) is 10.9. The minimum atomic E-state index is -1.00. The molecule has 4 N–H and O–H groups in total. The van der Waals surface area contributed by atoms with Crippen LogP contribution in [0.15, 0.2) is 0 Å². The van der Waals surface area contributed by atoms with Gasteiger partial charge in [-0.3, -0.25) is 38.8 Å². The molecule has 0 aromatic heterocycles. The van der Waals surface area contributed by atoms with Gasteiger partial charge in [-0.15, -0.1) is 0 Å². The highest BCUT2D eigenvalue weighted by Crippen LogP contribution is 2.20. The maximum Gasteiger partial charge on any atom is 0.317 e. The molecule has 0 bridgehead atoms. The molecule has 0 radical (unpaired) electrons. The van der Waals surface area contributed by atoms with Crippen LogP contribution in [0.2, 0.25) is 0 Å². The van der Waals surface area contributed by atoms with Crippen LogP contribution in [0.4, 0.5) is 0 Å². The molecule has 220 valence electrons. The van der Waals surface area contributed by atoms with Gasteiger partial charge in [0.15, 0.2) is 0 Å². The number of hydrogen-bond donors (Lipinski definition) is 4. The fourth-order valence-corrected chi connectivity index (χ4v) is 4.11. The zero-order valence-corrected chi connectivity index (χ0v) is 23.2. The summed E-state index contributed by atoms with van der Waals surface area (Å²) < 4.78 is 5.60. The Balaban J connectivity index is 2.70. The lowest BCUT2D eigenvalue weighted by Gasteiger charge is -2.32. The largest absolute Gasteiger partial charge is 0.480 e. The first-order chi connectivity index (χ1) is 17.8. The minimum absolute atomic E-state index is 0.0942. The Hall–Kier alpha value is -2.32. The van der Waals surface area contributed by atoms with Gasteiger partial charge in [0.1, 0.15) is 0 Å². The van der Waals surface area contributed by atoms with Crippen LogP contribution in [0, 0.1) is 5.41 Å². The number of rotatable bonds is 14. The molecular formula is C25H47N5O8. The van der Waals surface area contributed by atoms with E-state index in [0.717, 1.165) is 12.8 Å². The first kappa shape index (κ1) is 33.7. The Morgan fingerprint density at radius 3 is 1.37 bits per heavy atom. The Bertz CT molecular complexity index is 714. The highest BCUT2D eigenvalue weighted by molar-refractivity contribution is 5.78. The van der Waals surface area contributed by atoms with Crippen molar-refractivity contribution in [2.75, 3.05) is 98.3 Å². The van der Waals surface area contributed by atoms with Gasteiger partial charge in [-0.2, -0.15) is 0 Å². The first-order valence-electron chi connectivity index (χ1n) is 13.2. The van der Waals surface area contributed by atoms with E-state index in [1.165, 1.54) is 0 Å². The van der Waals surface area contributed by atoms with E-state index in [4.69, 9.17) is 4.74 Å². The molecular weight excluding hydrogens is 498 g/mol. The van der Waals surface area contributed by atoms with Crippen LogP contribution in [0.25, 0.3) is 0 Å². The number of nitrogens with one attached hydrogen (secondary N) is 1. The van der Waals surface area contributed by atoms with Crippen LogP contribution in [0.1, 0.15) is 33.6 Å². The van der Waals surface area contributed by atoms with E-state index >= 15 is 0 Å². The summed E-state index contributed by atoms with van der Waals surface area (Å²) in [6.07, 6.45) is 2.02. The van der Waals surface area contributed by atoms with Gasteiger partial charge in [-0.05, 0) is 18.3 Å². The van der Waals surface area contributed by atoms with Gasteiger partial charge in [0.2, 0.25) is 5.91 Å². The summed E-state index contributed by atoms with van der Waals surface area (Å²) in [5.74, 6) is -3.15. The lowest BCUT2D eigenvalue weighted by Crippen LogP contribution is -2.50. The summed E-state index contributed by atoms with van der Waals surface area (Å²) in [6, 6.07) is 0. The molecule has 0 aliphatic carbocycles. The molecule has 0 saturated carbocycles. The standard InChI is InChI=1S/C25H47N5O8/c1-25(2,3)5-4-15-38-16-6-26-21(31)17-27-7-9-28(18-22(32)33)11-13-30(20-24(36)37)14-12-29(10-8-27)19-23(34)35/h4-20H2,1-3H3,(H,26,31)(H,32,33)(H,34,35)(H,36,37). The quantitative estimate of drug-likeness (QED) is 0.206. The lowest BCUT2D eigenvalue weighted by molar-refractivity contribution is -0.140. The highest BCUT2D eigenvalue weighted by Gasteiger charge is 2.21. The van der Waals surface area contributed by atoms with E-state index in [9.17, 15) is 34.5 Å². The van der Waals surface area contributed by atoms with Gasteiger partial charge >= 0.3 is 17.9 Å². The molecule has 1 rings (SSSR count). The number of carboxylic acids is 3. The van der Waals surface area contributed by atoms with E-state index in [2.05, 4.69) is 26.1 Å². The molecule has 0 aromatic carbocycles. The average Bonchev–Trinajstić information content (AvgIpc) is 2.78. The molecule has 1 heterocycles. The third kappa shape index (κ3) is 18.0. The third-order valence-electron chi connectivity index (χ3n) is 6.16. The monoisotopic (exact) mass is 545 g/mol. The van der Waals surface area contributed by atoms with Crippen molar-refractivity contribution >= 4 is 23.8 Å². The number of aliphatic carboxylic acids is 3. The number of ether oxygens (including phenoxy) is 1. The summed E-state index contributed by atoms with van der Waals surface area (Å²) in [6.45, 7) is 10.4. The SMILES string of the molecule is CC(C)(C)CCCOCCNC(=O)CN1CCN(CC(=O)O)CCN(CC(=O)O)CCN(CC(=O)O)CC1. The molecule has 0 unspecified atom stereocenters. The summed E-state index contributed by atoms with van der Waals surface area (Å²) in [4.78, 5) is 53.6. The number of hydrogen-bond acceptors (Lipinski definition) is 9. The lowest BCUT2D eigenvalue weighted by atomic mass is 9.91. The Morgan fingerprint density at radius 2 is 1.03 bits per heavy atom. The number of carbonyl (C=O) groups excluding carboxylic acids is 1. The van der Waals surface area contributed by atoms with Gasteiger partial charge in [0.25, 0.3) is 0 Å². The van der Waals surface area contributed by atoms with Crippen LogP contribution in [-0.2, 0) is 23.9 Å². The van der Waals surface area contributed by atoms with Gasteiger partial charge in [0.05, 0.1) is 32.8 Å². The molecule has 13 nitrogen and oxygen atoms in total. The third-order valence-corrected chi connectivity index (χ3v) is 6.16. The zero-order chi connectivity index (χ0) is 28.6. The Kier molecular flexibility index (Phi) is 16.0. The van der Waals surface area contributed by atoms with Gasteiger partial charge < -0.3 is 25.4 Å². The van der Waals surface area contributed by atoms with Crippen molar-refractivity contribution in [2.45, 2.75) is 33.6 Å². The summed E-state index contributed by atoms with van der Waals surface area (Å²) in [7, 11) is 0. The average molecular weight is 546 g/mol. The second kappa shape index (κ2) is 18.1. The van der Waals surface area contributed by atoms with Crippen molar-refractivity contribution in [3.05, 3.63) is 0 Å². The molecule has 1 saturated heterocycles. The molecule has 1 aliphatic heterocycles. The Labute approximate surface area is 225 Å². The zero-order valence-electron chi connectivity index (χ0n) is 23.2. The molecule has 38 heavy (non-hydrogen) atoms. The van der Waals surface area contributed by atoms with Crippen LogP contribution in [0.3, 0.4) is 0 Å². The molecule has 1 fully saturated rings. The number of carbonyl (C=O) groups is 4. The number of nitrogens with zero attached hydrogens (tertiary/aromatic N) is 4. The van der Waals surface area contributed by atoms with Crippen molar-refractivity contribution < 1.29 is 39.2 Å². The fourth-order valence-electron chi connectivity index (χ4n) is 4.11. The Morgan fingerprint density at radius 1 is 0.658 bits per heavy atom. The minimum Gasteiger partial charge on any atom is -0.480 e. The van der Waals surface area contributed by atoms with E-state index in [1.54, 1.807) is 14.7 Å². The van der Waals surface area contributed by atoms with E-state index in [1.807, 2.05) is 4.90 Å². The molecule has 1 amide bonds. The molecule has 0 atom stereocenters. The van der Waals surface area contributed by atoms with E-state index in [0.29, 0.717) is 72.1 Å². The van der Waals surface area contributed by atoms with Crippen LogP contribution >= 0.6 is 0 Å². The fraction of sp³-hybridized carbons (Fsp3) is 0.840. The topological polar surface area (TPSA) is 163 Å². The highest BCUT2D eigenvalue weighted by atomic mass is 16.5. The molecule has 13 heteroatoms. The van der Waals surface area contributed by atoms with Crippen LogP contribution in [-0.4, -0.2) is 157 Å². The summed E-state index contributed by atoms with van der Waals surface area (Å²) >= 11 is 0. The second-order valence-corrected chi connectivity index (χ2v) is 10.9. The van der Waals surface area contributed by atoms with Crippen molar-refractivity contribution in [1.82, 2.24) is 24.9 Å². The summed E-state index contributed by atoms with van der Waals surface area (Å²) in [5.41, 5.74) is 0.262. The number of carboxylic acid groups (broad SMARTS) is 3.